The number of nitrogens with zero attached hydrogens (tertiary/aromatic N) is 2. The Hall–Kier alpha value is -2.93. The fraction of sp³-hybridized carbons (Fsp3) is 0.300. The molecular formula is C20H22FN3O3. The summed E-state index contributed by atoms with van der Waals surface area (Å²) < 4.78 is 13.0. The number of hydrogen-bond donors (Lipinski definition) is 2. The lowest BCUT2D eigenvalue weighted by atomic mass is 10.1. The van der Waals surface area contributed by atoms with Gasteiger partial charge in [-0.25, -0.2) is 4.39 Å². The van der Waals surface area contributed by atoms with E-state index in [-0.39, 0.29) is 11.7 Å². The highest BCUT2D eigenvalue weighted by Gasteiger charge is 2.28. The molecule has 1 heterocycles. The zero-order valence-corrected chi connectivity index (χ0v) is 14.8. The first-order valence-electron chi connectivity index (χ1n) is 8.84. The summed E-state index contributed by atoms with van der Waals surface area (Å²) in [7, 11) is 0. The van der Waals surface area contributed by atoms with Crippen LogP contribution >= 0.6 is 0 Å². The number of rotatable bonds is 5. The third-order valence-electron chi connectivity index (χ3n) is 4.61. The van der Waals surface area contributed by atoms with Crippen molar-refractivity contribution in [3.05, 3.63) is 66.0 Å². The lowest BCUT2D eigenvalue weighted by molar-refractivity contribution is -0.134. The molecule has 0 aromatic heterocycles. The van der Waals surface area contributed by atoms with E-state index in [9.17, 15) is 19.1 Å². The molecule has 0 radical (unpaired) electrons. The van der Waals surface area contributed by atoms with Gasteiger partial charge in [-0.05, 0) is 36.4 Å². The first kappa shape index (κ1) is 18.8. The number of anilines is 1. The molecule has 1 aliphatic rings. The number of carbonyl (C=O) groups is 2. The fourth-order valence-corrected chi connectivity index (χ4v) is 3.07. The molecule has 7 heteroatoms. The maximum Gasteiger partial charge on any atom is 0.251 e. The topological polar surface area (TPSA) is 72.9 Å². The molecule has 1 saturated heterocycles. The van der Waals surface area contributed by atoms with E-state index in [4.69, 9.17) is 0 Å². The average Bonchev–Trinajstić information content (AvgIpc) is 2.72. The molecule has 1 atom stereocenters. The van der Waals surface area contributed by atoms with Gasteiger partial charge in [0, 0.05) is 37.4 Å². The van der Waals surface area contributed by atoms with Crippen molar-refractivity contribution in [2.45, 2.75) is 6.04 Å². The molecule has 142 valence electrons. The van der Waals surface area contributed by atoms with Crippen LogP contribution in [-0.4, -0.2) is 60.6 Å². The SMILES string of the molecule is O=C(NC(CO)C(=O)N1CCN(c2ccc(F)cc2)CC1)c1ccccc1. The monoisotopic (exact) mass is 371 g/mol. The summed E-state index contributed by atoms with van der Waals surface area (Å²) in [5, 5.41) is 12.2. The molecule has 1 unspecified atom stereocenters. The molecule has 6 nitrogen and oxygen atoms in total. The summed E-state index contributed by atoms with van der Waals surface area (Å²) in [4.78, 5) is 28.6. The third kappa shape index (κ3) is 4.62. The lowest BCUT2D eigenvalue weighted by Gasteiger charge is -2.37. The van der Waals surface area contributed by atoms with E-state index in [0.717, 1.165) is 5.69 Å². The molecule has 0 saturated carbocycles. The van der Waals surface area contributed by atoms with Gasteiger partial charge < -0.3 is 20.2 Å². The Bertz CT molecular complexity index is 775. The van der Waals surface area contributed by atoms with E-state index >= 15 is 0 Å². The standard InChI is InChI=1S/C20H22FN3O3/c21-16-6-8-17(9-7-16)23-10-12-24(13-11-23)20(27)18(14-25)22-19(26)15-4-2-1-3-5-15/h1-9,18,25H,10-14H2,(H,22,26). The van der Waals surface area contributed by atoms with Crippen molar-refractivity contribution in [3.8, 4) is 0 Å². The van der Waals surface area contributed by atoms with E-state index in [0.29, 0.717) is 31.7 Å². The van der Waals surface area contributed by atoms with Crippen molar-refractivity contribution < 1.29 is 19.1 Å². The summed E-state index contributed by atoms with van der Waals surface area (Å²) in [5.74, 6) is -0.985. The maximum atomic E-state index is 13.0. The van der Waals surface area contributed by atoms with Crippen LogP contribution in [0.2, 0.25) is 0 Å². The number of carbonyl (C=O) groups excluding carboxylic acids is 2. The van der Waals surface area contributed by atoms with Gasteiger partial charge in [0.1, 0.15) is 11.9 Å². The quantitative estimate of drug-likeness (QED) is 0.830. The van der Waals surface area contributed by atoms with Crippen LogP contribution < -0.4 is 10.2 Å². The van der Waals surface area contributed by atoms with Crippen LogP contribution in [-0.2, 0) is 4.79 Å². The first-order valence-corrected chi connectivity index (χ1v) is 8.84. The highest BCUT2D eigenvalue weighted by atomic mass is 19.1. The number of halogens is 1. The Labute approximate surface area is 157 Å². The number of aliphatic hydroxyl groups is 1. The van der Waals surface area contributed by atoms with Crippen LogP contribution in [0.15, 0.2) is 54.6 Å². The number of piperazine rings is 1. The Morgan fingerprint density at radius 1 is 1.00 bits per heavy atom. The van der Waals surface area contributed by atoms with E-state index in [1.807, 2.05) is 0 Å². The molecule has 0 bridgehead atoms. The van der Waals surface area contributed by atoms with Crippen LogP contribution in [0, 0.1) is 5.82 Å². The summed E-state index contributed by atoms with van der Waals surface area (Å²) in [5.41, 5.74) is 1.34. The van der Waals surface area contributed by atoms with Gasteiger partial charge in [0.05, 0.1) is 6.61 Å². The number of amides is 2. The minimum absolute atomic E-state index is 0.285. The van der Waals surface area contributed by atoms with Crippen molar-refractivity contribution in [2.24, 2.45) is 0 Å². The van der Waals surface area contributed by atoms with Crippen LogP contribution in [0.25, 0.3) is 0 Å². The summed E-state index contributed by atoms with van der Waals surface area (Å²) in [6.07, 6.45) is 0. The molecule has 3 rings (SSSR count). The second-order valence-corrected chi connectivity index (χ2v) is 6.36. The zero-order chi connectivity index (χ0) is 19.2. The molecule has 2 aromatic rings. The zero-order valence-electron chi connectivity index (χ0n) is 14.8. The lowest BCUT2D eigenvalue weighted by Crippen LogP contribution is -2.56. The van der Waals surface area contributed by atoms with E-state index in [2.05, 4.69) is 10.2 Å². The van der Waals surface area contributed by atoms with Crippen molar-refractivity contribution >= 4 is 17.5 Å². The summed E-state index contributed by atoms with van der Waals surface area (Å²) >= 11 is 0. The number of nitrogens with one attached hydrogen (secondary N) is 1. The highest BCUT2D eigenvalue weighted by Crippen LogP contribution is 2.17. The second-order valence-electron chi connectivity index (χ2n) is 6.36. The van der Waals surface area contributed by atoms with Gasteiger partial charge in [0.25, 0.3) is 5.91 Å². The number of benzene rings is 2. The van der Waals surface area contributed by atoms with Gasteiger partial charge in [-0.1, -0.05) is 18.2 Å². The van der Waals surface area contributed by atoms with Crippen LogP contribution in [0.3, 0.4) is 0 Å². The molecule has 1 aliphatic heterocycles. The number of aliphatic hydroxyl groups excluding tert-OH is 1. The Morgan fingerprint density at radius 3 is 2.22 bits per heavy atom. The van der Waals surface area contributed by atoms with Crippen LogP contribution in [0.1, 0.15) is 10.4 Å². The minimum atomic E-state index is -0.977. The minimum Gasteiger partial charge on any atom is -0.394 e. The average molecular weight is 371 g/mol. The number of hydrogen-bond acceptors (Lipinski definition) is 4. The smallest absolute Gasteiger partial charge is 0.251 e. The van der Waals surface area contributed by atoms with Gasteiger partial charge >= 0.3 is 0 Å². The Morgan fingerprint density at radius 2 is 1.63 bits per heavy atom. The van der Waals surface area contributed by atoms with E-state index in [1.165, 1.54) is 12.1 Å². The van der Waals surface area contributed by atoms with Gasteiger partial charge in [-0.15, -0.1) is 0 Å². The molecule has 1 fully saturated rings. The highest BCUT2D eigenvalue weighted by molar-refractivity contribution is 5.97. The van der Waals surface area contributed by atoms with Crippen LogP contribution in [0.4, 0.5) is 10.1 Å². The van der Waals surface area contributed by atoms with Crippen molar-refractivity contribution in [2.75, 3.05) is 37.7 Å². The van der Waals surface area contributed by atoms with E-state index in [1.54, 1.807) is 47.4 Å². The van der Waals surface area contributed by atoms with E-state index < -0.39 is 18.6 Å². The molecule has 0 aliphatic carbocycles. The fourth-order valence-electron chi connectivity index (χ4n) is 3.07. The Balaban J connectivity index is 1.57. The maximum absolute atomic E-state index is 13.0. The van der Waals surface area contributed by atoms with Crippen molar-refractivity contribution in [1.82, 2.24) is 10.2 Å². The largest absolute Gasteiger partial charge is 0.394 e. The van der Waals surface area contributed by atoms with Crippen molar-refractivity contribution in [1.29, 1.82) is 0 Å². The first-order chi connectivity index (χ1) is 13.1. The molecule has 0 spiro atoms. The summed E-state index contributed by atoms with van der Waals surface area (Å²) in [6.45, 7) is 1.67. The third-order valence-corrected chi connectivity index (χ3v) is 4.61. The summed E-state index contributed by atoms with van der Waals surface area (Å²) in [6, 6.07) is 13.8. The Kier molecular flexibility index (Phi) is 6.03. The van der Waals surface area contributed by atoms with Gasteiger partial charge in [0.2, 0.25) is 5.91 Å². The molecular weight excluding hydrogens is 349 g/mol. The van der Waals surface area contributed by atoms with Gasteiger partial charge in [0.15, 0.2) is 0 Å². The predicted molar refractivity (Wildman–Crippen MR) is 100.0 cm³/mol. The van der Waals surface area contributed by atoms with Gasteiger partial charge in [-0.3, -0.25) is 9.59 Å². The van der Waals surface area contributed by atoms with Crippen LogP contribution in [0.5, 0.6) is 0 Å². The molecule has 2 amide bonds. The molecule has 2 aromatic carbocycles. The van der Waals surface area contributed by atoms with Crippen molar-refractivity contribution in [3.63, 3.8) is 0 Å². The second kappa shape index (κ2) is 8.64. The predicted octanol–water partition coefficient (Wildman–Crippen LogP) is 1.27. The van der Waals surface area contributed by atoms with Gasteiger partial charge in [-0.2, -0.15) is 0 Å². The molecule has 2 N–H and O–H groups in total. The molecule has 27 heavy (non-hydrogen) atoms. The normalized spacial score (nSPS) is 15.3.